The molecule has 0 radical (unpaired) electrons. The van der Waals surface area contributed by atoms with Crippen LogP contribution in [0, 0.1) is 18.8 Å². The lowest BCUT2D eigenvalue weighted by atomic mass is 9.88. The summed E-state index contributed by atoms with van der Waals surface area (Å²) in [6.07, 6.45) is 3.18. The topological polar surface area (TPSA) is 84.2 Å². The summed E-state index contributed by atoms with van der Waals surface area (Å²) in [5, 5.41) is 15.7. The van der Waals surface area contributed by atoms with Crippen LogP contribution in [-0.2, 0) is 11.8 Å². The van der Waals surface area contributed by atoms with E-state index in [9.17, 15) is 9.59 Å². The molecular formula is C15H25N3O3. The molecule has 1 rings (SSSR count). The number of hydrogen-bond acceptors (Lipinski definition) is 3. The Morgan fingerprint density at radius 1 is 1.38 bits per heavy atom. The number of carboxylic acids is 1. The third-order valence-corrected chi connectivity index (χ3v) is 3.95. The first-order chi connectivity index (χ1) is 9.82. The van der Waals surface area contributed by atoms with Gasteiger partial charge in [0.2, 0.25) is 0 Å². The molecule has 6 heteroatoms. The van der Waals surface area contributed by atoms with E-state index in [-0.39, 0.29) is 12.3 Å². The summed E-state index contributed by atoms with van der Waals surface area (Å²) in [6, 6.07) is 0. The number of carbonyl (C=O) groups is 2. The van der Waals surface area contributed by atoms with E-state index in [0.29, 0.717) is 30.4 Å². The molecule has 118 valence electrons. The van der Waals surface area contributed by atoms with E-state index >= 15 is 0 Å². The van der Waals surface area contributed by atoms with Crippen molar-refractivity contribution >= 4 is 11.9 Å². The Morgan fingerprint density at radius 2 is 2.05 bits per heavy atom. The number of carbonyl (C=O) groups excluding carboxylic acids is 1. The van der Waals surface area contributed by atoms with Crippen LogP contribution in [0.1, 0.15) is 49.2 Å². The zero-order chi connectivity index (χ0) is 16.0. The van der Waals surface area contributed by atoms with Crippen molar-refractivity contribution in [2.24, 2.45) is 18.9 Å². The van der Waals surface area contributed by atoms with Gasteiger partial charge in [-0.25, -0.2) is 0 Å². The lowest BCUT2D eigenvalue weighted by Gasteiger charge is -2.20. The molecule has 0 bridgehead atoms. The van der Waals surface area contributed by atoms with Crippen LogP contribution in [0.5, 0.6) is 0 Å². The molecule has 6 nitrogen and oxygen atoms in total. The highest BCUT2D eigenvalue weighted by Gasteiger charge is 2.16. The first-order valence-corrected chi connectivity index (χ1v) is 7.31. The molecule has 21 heavy (non-hydrogen) atoms. The van der Waals surface area contributed by atoms with Crippen LogP contribution in [0.15, 0.2) is 6.20 Å². The maximum absolute atomic E-state index is 12.0. The number of aromatic nitrogens is 2. The van der Waals surface area contributed by atoms with Crippen molar-refractivity contribution < 1.29 is 14.7 Å². The fourth-order valence-corrected chi connectivity index (χ4v) is 2.31. The van der Waals surface area contributed by atoms with E-state index < -0.39 is 5.97 Å². The largest absolute Gasteiger partial charge is 0.481 e. The zero-order valence-corrected chi connectivity index (χ0v) is 13.2. The van der Waals surface area contributed by atoms with Crippen molar-refractivity contribution in [1.29, 1.82) is 0 Å². The van der Waals surface area contributed by atoms with E-state index in [1.165, 1.54) is 0 Å². The Morgan fingerprint density at radius 3 is 2.52 bits per heavy atom. The first kappa shape index (κ1) is 17.2. The molecule has 1 aromatic heterocycles. The van der Waals surface area contributed by atoms with Crippen LogP contribution in [0.4, 0.5) is 0 Å². The quantitative estimate of drug-likeness (QED) is 0.768. The SMILES string of the molecule is Cc1c(C(=O)NCCC(CCC(=O)O)C(C)C)cnn1C. The van der Waals surface area contributed by atoms with Gasteiger partial charge < -0.3 is 10.4 Å². The van der Waals surface area contributed by atoms with Crippen molar-refractivity contribution in [3.63, 3.8) is 0 Å². The third kappa shape index (κ3) is 5.21. The van der Waals surface area contributed by atoms with Crippen LogP contribution in [0.3, 0.4) is 0 Å². The highest BCUT2D eigenvalue weighted by atomic mass is 16.4. The monoisotopic (exact) mass is 295 g/mol. The molecule has 0 saturated carbocycles. The molecule has 0 spiro atoms. The minimum atomic E-state index is -0.768. The molecule has 1 heterocycles. The molecule has 0 fully saturated rings. The van der Waals surface area contributed by atoms with E-state index in [1.54, 1.807) is 17.9 Å². The Kier molecular flexibility index (Phi) is 6.39. The standard InChI is InChI=1S/C15H25N3O3/c1-10(2)12(5-6-14(19)20)7-8-16-15(21)13-9-17-18(4)11(13)3/h9-10,12H,5-8H2,1-4H3,(H,16,21)(H,19,20). The van der Waals surface area contributed by atoms with E-state index in [1.807, 2.05) is 6.92 Å². The summed E-state index contributed by atoms with van der Waals surface area (Å²) in [4.78, 5) is 22.7. The van der Waals surface area contributed by atoms with Gasteiger partial charge in [-0.2, -0.15) is 5.10 Å². The van der Waals surface area contributed by atoms with Gasteiger partial charge in [0.15, 0.2) is 0 Å². The van der Waals surface area contributed by atoms with Crippen molar-refractivity contribution in [2.75, 3.05) is 6.54 Å². The van der Waals surface area contributed by atoms with Gasteiger partial charge in [0.1, 0.15) is 0 Å². The minimum Gasteiger partial charge on any atom is -0.481 e. The van der Waals surface area contributed by atoms with E-state index in [4.69, 9.17) is 5.11 Å². The van der Waals surface area contributed by atoms with Crippen LogP contribution in [0.2, 0.25) is 0 Å². The Hall–Kier alpha value is -1.85. The van der Waals surface area contributed by atoms with Gasteiger partial charge in [-0.1, -0.05) is 13.8 Å². The third-order valence-electron chi connectivity index (χ3n) is 3.95. The van der Waals surface area contributed by atoms with Gasteiger partial charge in [-0.15, -0.1) is 0 Å². The number of aliphatic carboxylic acids is 1. The summed E-state index contributed by atoms with van der Waals surface area (Å²) in [6.45, 7) is 6.57. The van der Waals surface area contributed by atoms with Gasteiger partial charge in [-0.3, -0.25) is 14.3 Å². The van der Waals surface area contributed by atoms with E-state index in [2.05, 4.69) is 24.3 Å². The molecule has 1 amide bonds. The lowest BCUT2D eigenvalue weighted by molar-refractivity contribution is -0.137. The predicted octanol–water partition coefficient (Wildman–Crippen LogP) is 1.99. The average Bonchev–Trinajstić information content (AvgIpc) is 2.73. The Balaban J connectivity index is 2.45. The molecule has 0 aromatic carbocycles. The van der Waals surface area contributed by atoms with Crippen LogP contribution in [0.25, 0.3) is 0 Å². The summed E-state index contributed by atoms with van der Waals surface area (Å²) < 4.78 is 1.67. The highest BCUT2D eigenvalue weighted by molar-refractivity contribution is 5.94. The molecule has 0 aliphatic rings. The second kappa shape index (κ2) is 7.81. The van der Waals surface area contributed by atoms with Gasteiger partial charge in [0.25, 0.3) is 5.91 Å². The molecule has 1 unspecified atom stereocenters. The number of rotatable bonds is 8. The van der Waals surface area contributed by atoms with Crippen molar-refractivity contribution in [2.45, 2.75) is 40.0 Å². The number of nitrogens with one attached hydrogen (secondary N) is 1. The van der Waals surface area contributed by atoms with Crippen LogP contribution >= 0.6 is 0 Å². The van der Waals surface area contributed by atoms with Crippen LogP contribution < -0.4 is 5.32 Å². The maximum atomic E-state index is 12.0. The van der Waals surface area contributed by atoms with Crippen molar-refractivity contribution in [3.8, 4) is 0 Å². The second-order valence-corrected chi connectivity index (χ2v) is 5.75. The normalized spacial score (nSPS) is 12.4. The molecule has 0 saturated heterocycles. The lowest BCUT2D eigenvalue weighted by Crippen LogP contribution is -2.27. The highest BCUT2D eigenvalue weighted by Crippen LogP contribution is 2.20. The van der Waals surface area contributed by atoms with E-state index in [0.717, 1.165) is 12.1 Å². The molecule has 1 atom stereocenters. The van der Waals surface area contributed by atoms with Gasteiger partial charge in [0, 0.05) is 25.7 Å². The molecule has 0 aliphatic heterocycles. The molecular weight excluding hydrogens is 270 g/mol. The average molecular weight is 295 g/mol. The number of aryl methyl sites for hydroxylation is 1. The number of carboxylic acid groups (broad SMARTS) is 1. The van der Waals surface area contributed by atoms with Crippen molar-refractivity contribution in [3.05, 3.63) is 17.5 Å². The minimum absolute atomic E-state index is 0.124. The molecule has 1 aromatic rings. The summed E-state index contributed by atoms with van der Waals surface area (Å²) in [5.74, 6) is -0.185. The fraction of sp³-hybridized carbons (Fsp3) is 0.667. The Labute approximate surface area is 125 Å². The van der Waals surface area contributed by atoms with Crippen molar-refractivity contribution in [1.82, 2.24) is 15.1 Å². The summed E-state index contributed by atoms with van der Waals surface area (Å²) in [7, 11) is 1.80. The van der Waals surface area contributed by atoms with Crippen LogP contribution in [-0.4, -0.2) is 33.3 Å². The summed E-state index contributed by atoms with van der Waals surface area (Å²) >= 11 is 0. The first-order valence-electron chi connectivity index (χ1n) is 7.31. The number of hydrogen-bond donors (Lipinski definition) is 2. The smallest absolute Gasteiger partial charge is 0.303 e. The maximum Gasteiger partial charge on any atom is 0.303 e. The predicted molar refractivity (Wildman–Crippen MR) is 80.1 cm³/mol. The Bertz CT molecular complexity index is 494. The van der Waals surface area contributed by atoms with Gasteiger partial charge in [-0.05, 0) is 31.6 Å². The van der Waals surface area contributed by atoms with Gasteiger partial charge >= 0.3 is 5.97 Å². The fourth-order valence-electron chi connectivity index (χ4n) is 2.31. The van der Waals surface area contributed by atoms with Gasteiger partial charge in [0.05, 0.1) is 11.8 Å². The summed E-state index contributed by atoms with van der Waals surface area (Å²) in [5.41, 5.74) is 1.42. The number of amides is 1. The number of nitrogens with zero attached hydrogens (tertiary/aromatic N) is 2. The second-order valence-electron chi connectivity index (χ2n) is 5.75. The molecule has 0 aliphatic carbocycles. The molecule has 2 N–H and O–H groups in total. The zero-order valence-electron chi connectivity index (χ0n) is 13.2.